The van der Waals surface area contributed by atoms with Gasteiger partial charge in [-0.3, -0.25) is 9.69 Å². The Hall–Kier alpha value is -2.47. The standard InChI is InChI=1S/C18H19F2NO3/c1-12(2)21(11-18(22)23)10-13-3-5-16(6-4-13)24-17-8-14(19)7-15(20)9-17/h3-9,12H,10-11H2,1-2H3,(H,22,23). The Labute approximate surface area is 139 Å². The zero-order valence-corrected chi connectivity index (χ0v) is 13.5. The Morgan fingerprint density at radius 2 is 1.67 bits per heavy atom. The third-order valence-corrected chi connectivity index (χ3v) is 3.45. The molecule has 0 atom stereocenters. The summed E-state index contributed by atoms with van der Waals surface area (Å²) in [5, 5.41) is 8.94. The highest BCUT2D eigenvalue weighted by atomic mass is 19.1. The molecule has 0 saturated carbocycles. The Morgan fingerprint density at radius 1 is 1.08 bits per heavy atom. The fraction of sp³-hybridized carbons (Fsp3) is 0.278. The molecule has 0 saturated heterocycles. The van der Waals surface area contributed by atoms with Crippen molar-refractivity contribution in [2.45, 2.75) is 26.4 Å². The first-order chi connectivity index (χ1) is 11.3. The average molecular weight is 335 g/mol. The number of halogens is 2. The third kappa shape index (κ3) is 5.31. The number of hydrogen-bond acceptors (Lipinski definition) is 3. The lowest BCUT2D eigenvalue weighted by Crippen LogP contribution is -2.35. The highest BCUT2D eigenvalue weighted by Gasteiger charge is 2.13. The first-order valence-electron chi connectivity index (χ1n) is 7.52. The van der Waals surface area contributed by atoms with Crippen molar-refractivity contribution in [3.63, 3.8) is 0 Å². The molecule has 24 heavy (non-hydrogen) atoms. The van der Waals surface area contributed by atoms with Crippen molar-refractivity contribution in [2.75, 3.05) is 6.54 Å². The van der Waals surface area contributed by atoms with Gasteiger partial charge in [-0.05, 0) is 31.5 Å². The molecule has 4 nitrogen and oxygen atoms in total. The highest BCUT2D eigenvalue weighted by molar-refractivity contribution is 5.69. The van der Waals surface area contributed by atoms with Gasteiger partial charge in [-0.1, -0.05) is 12.1 Å². The van der Waals surface area contributed by atoms with Gasteiger partial charge in [0, 0.05) is 30.8 Å². The van der Waals surface area contributed by atoms with Crippen LogP contribution in [0.1, 0.15) is 19.4 Å². The van der Waals surface area contributed by atoms with Crippen LogP contribution >= 0.6 is 0 Å². The van der Waals surface area contributed by atoms with Crippen LogP contribution in [0.25, 0.3) is 0 Å². The molecule has 0 aromatic heterocycles. The van der Waals surface area contributed by atoms with E-state index >= 15 is 0 Å². The number of ether oxygens (including phenoxy) is 1. The predicted octanol–water partition coefficient (Wildman–Crippen LogP) is 4.05. The maximum Gasteiger partial charge on any atom is 0.317 e. The summed E-state index contributed by atoms with van der Waals surface area (Å²) in [5.74, 6) is -1.77. The summed E-state index contributed by atoms with van der Waals surface area (Å²) in [4.78, 5) is 12.7. The molecule has 0 aliphatic rings. The molecule has 0 aliphatic heterocycles. The van der Waals surface area contributed by atoms with Gasteiger partial charge >= 0.3 is 5.97 Å². The second kappa shape index (κ2) is 7.88. The van der Waals surface area contributed by atoms with E-state index in [9.17, 15) is 13.6 Å². The van der Waals surface area contributed by atoms with E-state index in [1.54, 1.807) is 24.3 Å². The van der Waals surface area contributed by atoms with Crippen LogP contribution in [0.4, 0.5) is 8.78 Å². The second-order valence-electron chi connectivity index (χ2n) is 5.74. The predicted molar refractivity (Wildman–Crippen MR) is 86.1 cm³/mol. The van der Waals surface area contributed by atoms with E-state index in [0.717, 1.165) is 23.8 Å². The van der Waals surface area contributed by atoms with Gasteiger partial charge in [0.05, 0.1) is 6.54 Å². The Balaban J connectivity index is 2.05. The Morgan fingerprint density at radius 3 is 2.17 bits per heavy atom. The first kappa shape index (κ1) is 17.9. The zero-order chi connectivity index (χ0) is 17.7. The molecule has 0 amide bonds. The molecule has 0 aliphatic carbocycles. The minimum absolute atomic E-state index is 0.0432. The van der Waals surface area contributed by atoms with Crippen LogP contribution in [0.2, 0.25) is 0 Å². The fourth-order valence-electron chi connectivity index (χ4n) is 2.22. The summed E-state index contributed by atoms with van der Waals surface area (Å²) in [5.41, 5.74) is 0.919. The average Bonchev–Trinajstić information content (AvgIpc) is 2.47. The number of carboxylic acids is 1. The molecule has 0 spiro atoms. The highest BCUT2D eigenvalue weighted by Crippen LogP contribution is 2.24. The van der Waals surface area contributed by atoms with Crippen molar-refractivity contribution in [1.82, 2.24) is 4.90 Å². The monoisotopic (exact) mass is 335 g/mol. The van der Waals surface area contributed by atoms with E-state index < -0.39 is 17.6 Å². The summed E-state index contributed by atoms with van der Waals surface area (Å²) in [6.45, 7) is 4.30. The lowest BCUT2D eigenvalue weighted by molar-refractivity contribution is -0.138. The molecular formula is C18H19F2NO3. The van der Waals surface area contributed by atoms with Crippen LogP contribution < -0.4 is 4.74 Å². The maximum atomic E-state index is 13.1. The lowest BCUT2D eigenvalue weighted by atomic mass is 10.2. The van der Waals surface area contributed by atoms with Gasteiger partial charge in [0.25, 0.3) is 0 Å². The van der Waals surface area contributed by atoms with Crippen molar-refractivity contribution >= 4 is 5.97 Å². The van der Waals surface area contributed by atoms with Crippen LogP contribution in [-0.2, 0) is 11.3 Å². The van der Waals surface area contributed by atoms with E-state index in [0.29, 0.717) is 12.3 Å². The fourth-order valence-corrected chi connectivity index (χ4v) is 2.22. The molecule has 0 radical (unpaired) electrons. The molecule has 0 fully saturated rings. The minimum atomic E-state index is -0.878. The maximum absolute atomic E-state index is 13.1. The molecular weight excluding hydrogens is 316 g/mol. The van der Waals surface area contributed by atoms with Crippen LogP contribution in [0.3, 0.4) is 0 Å². The van der Waals surface area contributed by atoms with E-state index in [-0.39, 0.29) is 18.3 Å². The summed E-state index contributed by atoms with van der Waals surface area (Å²) in [6, 6.07) is 10.0. The molecule has 2 aromatic carbocycles. The molecule has 0 bridgehead atoms. The number of benzene rings is 2. The third-order valence-electron chi connectivity index (χ3n) is 3.45. The number of carbonyl (C=O) groups is 1. The summed E-state index contributed by atoms with van der Waals surface area (Å²) in [7, 11) is 0. The van der Waals surface area contributed by atoms with Crippen molar-refractivity contribution in [2.24, 2.45) is 0 Å². The van der Waals surface area contributed by atoms with Crippen molar-refractivity contribution < 1.29 is 23.4 Å². The van der Waals surface area contributed by atoms with E-state index in [1.165, 1.54) is 0 Å². The topological polar surface area (TPSA) is 49.8 Å². The molecule has 2 aromatic rings. The number of rotatable bonds is 7. The molecule has 1 N–H and O–H groups in total. The van der Waals surface area contributed by atoms with E-state index in [2.05, 4.69) is 0 Å². The Kier molecular flexibility index (Phi) is 5.87. The minimum Gasteiger partial charge on any atom is -0.480 e. The van der Waals surface area contributed by atoms with Crippen LogP contribution in [0, 0.1) is 11.6 Å². The summed E-state index contributed by atoms with van der Waals surface area (Å²) in [6.07, 6.45) is 0. The van der Waals surface area contributed by atoms with E-state index in [1.807, 2.05) is 18.7 Å². The number of nitrogens with zero attached hydrogens (tertiary/aromatic N) is 1. The summed E-state index contributed by atoms with van der Waals surface area (Å²) >= 11 is 0. The first-order valence-corrected chi connectivity index (χ1v) is 7.52. The normalized spacial score (nSPS) is 11.1. The van der Waals surface area contributed by atoms with Crippen molar-refractivity contribution in [1.29, 1.82) is 0 Å². The quantitative estimate of drug-likeness (QED) is 0.829. The van der Waals surface area contributed by atoms with Crippen LogP contribution in [-0.4, -0.2) is 28.6 Å². The van der Waals surface area contributed by atoms with E-state index in [4.69, 9.17) is 9.84 Å². The van der Waals surface area contributed by atoms with Gasteiger partial charge in [0.15, 0.2) is 0 Å². The molecule has 2 rings (SSSR count). The van der Waals surface area contributed by atoms with Crippen LogP contribution in [0.5, 0.6) is 11.5 Å². The van der Waals surface area contributed by atoms with Gasteiger partial charge in [-0.2, -0.15) is 0 Å². The smallest absolute Gasteiger partial charge is 0.317 e. The number of carboxylic acid groups (broad SMARTS) is 1. The second-order valence-corrected chi connectivity index (χ2v) is 5.74. The van der Waals surface area contributed by atoms with Crippen molar-refractivity contribution in [3.05, 3.63) is 59.7 Å². The molecule has 0 heterocycles. The number of aliphatic carboxylic acids is 1. The van der Waals surface area contributed by atoms with Gasteiger partial charge in [0.2, 0.25) is 0 Å². The molecule has 0 unspecified atom stereocenters. The molecule has 128 valence electrons. The molecule has 6 heteroatoms. The SMILES string of the molecule is CC(C)N(CC(=O)O)Cc1ccc(Oc2cc(F)cc(F)c2)cc1. The largest absolute Gasteiger partial charge is 0.480 e. The van der Waals surface area contributed by atoms with Gasteiger partial charge < -0.3 is 9.84 Å². The van der Waals surface area contributed by atoms with Gasteiger partial charge in [0.1, 0.15) is 23.1 Å². The lowest BCUT2D eigenvalue weighted by Gasteiger charge is -2.24. The number of hydrogen-bond donors (Lipinski definition) is 1. The zero-order valence-electron chi connectivity index (χ0n) is 13.5. The van der Waals surface area contributed by atoms with Gasteiger partial charge in [-0.25, -0.2) is 8.78 Å². The Bertz CT molecular complexity index is 682. The van der Waals surface area contributed by atoms with Gasteiger partial charge in [-0.15, -0.1) is 0 Å². The van der Waals surface area contributed by atoms with Crippen molar-refractivity contribution in [3.8, 4) is 11.5 Å². The summed E-state index contributed by atoms with van der Waals surface area (Å²) < 4.78 is 31.7. The van der Waals surface area contributed by atoms with Crippen LogP contribution in [0.15, 0.2) is 42.5 Å².